The van der Waals surface area contributed by atoms with E-state index in [9.17, 15) is 0 Å². The smallest absolute Gasteiger partial charge is 0.414 e. The van der Waals surface area contributed by atoms with Crippen molar-refractivity contribution in [2.24, 2.45) is 0 Å². The minimum Gasteiger partial charge on any atom is -0.493 e. The maximum atomic E-state index is 9.10. The summed E-state index contributed by atoms with van der Waals surface area (Å²) in [6, 6.07) is 14.8. The van der Waals surface area contributed by atoms with Crippen LogP contribution < -0.4 is 4.74 Å². The van der Waals surface area contributed by atoms with Crippen LogP contribution in [0.2, 0.25) is 0 Å². The predicted octanol–water partition coefficient (Wildman–Crippen LogP) is 4.51. The van der Waals surface area contributed by atoms with Crippen molar-refractivity contribution in [3.8, 4) is 5.75 Å². The first kappa shape index (κ1) is 24.7. The molecule has 2 N–H and O–H groups in total. The Morgan fingerprint density at radius 3 is 2.07 bits per heavy atom. The largest absolute Gasteiger partial charge is 0.493 e. The Kier molecular flexibility index (Phi) is 11.0. The van der Waals surface area contributed by atoms with Crippen LogP contribution in [0.25, 0.3) is 0 Å². The molecule has 0 bridgehead atoms. The topological polar surface area (TPSA) is 87.1 Å². The number of aliphatic carboxylic acids is 2. The molecule has 2 aromatic carbocycles. The van der Waals surface area contributed by atoms with E-state index < -0.39 is 11.9 Å². The molecule has 7 heteroatoms. The molecule has 0 radical (unpaired) electrons. The highest BCUT2D eigenvalue weighted by molar-refractivity contribution is 9.10. The summed E-state index contributed by atoms with van der Waals surface area (Å²) in [5.41, 5.74) is 3.75. The second-order valence-corrected chi connectivity index (χ2v) is 7.67. The Morgan fingerprint density at radius 2 is 1.55 bits per heavy atom. The lowest BCUT2D eigenvalue weighted by Gasteiger charge is -2.17. The average Bonchev–Trinajstić information content (AvgIpc) is 2.64. The standard InChI is InChI=1S/C20H26BrNO.C2H2O4/c1-16-13-19(21)14-17(2)20(16)23-12-8-7-11-22(3)15-18-9-5-4-6-10-18;3-1(4)2(5)6/h4-6,9-10,13-14H,7-8,11-12,15H2,1-3H3;(H,3,4)(H,5,6). The second-order valence-electron chi connectivity index (χ2n) is 6.76. The highest BCUT2D eigenvalue weighted by Crippen LogP contribution is 2.27. The minimum absolute atomic E-state index is 0.780. The highest BCUT2D eigenvalue weighted by Gasteiger charge is 2.06. The van der Waals surface area contributed by atoms with Crippen molar-refractivity contribution >= 4 is 27.9 Å². The average molecular weight is 466 g/mol. The molecule has 0 atom stereocenters. The fourth-order valence-corrected chi connectivity index (χ4v) is 3.44. The van der Waals surface area contributed by atoms with Crippen LogP contribution in [0.5, 0.6) is 5.75 Å². The van der Waals surface area contributed by atoms with Gasteiger partial charge in [-0.15, -0.1) is 0 Å². The molecule has 6 nitrogen and oxygen atoms in total. The molecular formula is C22H28BrNO5. The molecule has 0 heterocycles. The van der Waals surface area contributed by atoms with E-state index in [1.807, 2.05) is 0 Å². The Labute approximate surface area is 180 Å². The van der Waals surface area contributed by atoms with Gasteiger partial charge in [0.05, 0.1) is 6.61 Å². The van der Waals surface area contributed by atoms with Crippen molar-refractivity contribution in [1.82, 2.24) is 4.90 Å². The number of carbonyl (C=O) groups is 2. The van der Waals surface area contributed by atoms with E-state index in [1.54, 1.807) is 0 Å². The Morgan fingerprint density at radius 1 is 1.00 bits per heavy atom. The molecular weight excluding hydrogens is 438 g/mol. The van der Waals surface area contributed by atoms with E-state index in [0.29, 0.717) is 0 Å². The van der Waals surface area contributed by atoms with Gasteiger partial charge in [-0.3, -0.25) is 0 Å². The number of hydrogen-bond acceptors (Lipinski definition) is 4. The van der Waals surface area contributed by atoms with E-state index in [1.165, 1.54) is 16.7 Å². The maximum Gasteiger partial charge on any atom is 0.414 e. The van der Waals surface area contributed by atoms with Crippen molar-refractivity contribution in [3.63, 3.8) is 0 Å². The monoisotopic (exact) mass is 465 g/mol. The van der Waals surface area contributed by atoms with Crippen LogP contribution in [0.4, 0.5) is 0 Å². The number of halogens is 1. The zero-order valence-corrected chi connectivity index (χ0v) is 18.6. The number of ether oxygens (including phenoxy) is 1. The third-order valence-electron chi connectivity index (χ3n) is 4.08. The van der Waals surface area contributed by atoms with Gasteiger partial charge in [-0.05, 0) is 69.1 Å². The zero-order chi connectivity index (χ0) is 21.8. The van der Waals surface area contributed by atoms with E-state index >= 15 is 0 Å². The number of aryl methyl sites for hydroxylation is 2. The van der Waals surface area contributed by atoms with E-state index in [0.717, 1.165) is 42.8 Å². The van der Waals surface area contributed by atoms with Gasteiger partial charge in [0.25, 0.3) is 0 Å². The van der Waals surface area contributed by atoms with E-state index in [-0.39, 0.29) is 0 Å². The van der Waals surface area contributed by atoms with Crippen LogP contribution in [-0.4, -0.2) is 47.3 Å². The van der Waals surface area contributed by atoms with Gasteiger partial charge >= 0.3 is 11.9 Å². The first-order valence-electron chi connectivity index (χ1n) is 9.29. The van der Waals surface area contributed by atoms with Gasteiger partial charge in [-0.1, -0.05) is 46.3 Å². The summed E-state index contributed by atoms with van der Waals surface area (Å²) in [6.07, 6.45) is 2.23. The highest BCUT2D eigenvalue weighted by atomic mass is 79.9. The zero-order valence-electron chi connectivity index (χ0n) is 17.0. The minimum atomic E-state index is -1.82. The summed E-state index contributed by atoms with van der Waals surface area (Å²) in [5.74, 6) is -2.61. The number of rotatable bonds is 8. The van der Waals surface area contributed by atoms with Crippen molar-refractivity contribution < 1.29 is 24.5 Å². The lowest BCUT2D eigenvalue weighted by molar-refractivity contribution is -0.159. The lowest BCUT2D eigenvalue weighted by atomic mass is 10.1. The van der Waals surface area contributed by atoms with Crippen LogP contribution in [0, 0.1) is 13.8 Å². The number of carboxylic acid groups (broad SMARTS) is 2. The van der Waals surface area contributed by atoms with Crippen molar-refractivity contribution in [2.75, 3.05) is 20.2 Å². The van der Waals surface area contributed by atoms with E-state index in [2.05, 4.69) is 84.2 Å². The maximum absolute atomic E-state index is 9.10. The quantitative estimate of drug-likeness (QED) is 0.440. The number of unbranched alkanes of at least 4 members (excludes halogenated alkanes) is 1. The first-order chi connectivity index (χ1) is 13.7. The summed E-state index contributed by atoms with van der Waals surface area (Å²) < 4.78 is 7.10. The van der Waals surface area contributed by atoms with Crippen LogP contribution in [0.1, 0.15) is 29.5 Å². The molecule has 0 aromatic heterocycles. The summed E-state index contributed by atoms with van der Waals surface area (Å²) >= 11 is 3.52. The van der Waals surface area contributed by atoms with Gasteiger partial charge in [-0.2, -0.15) is 0 Å². The van der Waals surface area contributed by atoms with Crippen molar-refractivity contribution in [3.05, 3.63) is 63.6 Å². The Bertz CT molecular complexity index is 760. The Hall–Kier alpha value is -2.38. The molecule has 2 aromatic rings. The molecule has 0 aliphatic heterocycles. The fourth-order valence-electron chi connectivity index (χ4n) is 2.76. The molecule has 29 heavy (non-hydrogen) atoms. The molecule has 2 rings (SSSR count). The third kappa shape index (κ3) is 10.1. The number of hydrogen-bond donors (Lipinski definition) is 2. The van der Waals surface area contributed by atoms with Crippen LogP contribution in [0.15, 0.2) is 46.9 Å². The molecule has 0 aliphatic carbocycles. The Balaban J connectivity index is 0.000000612. The van der Waals surface area contributed by atoms with Gasteiger partial charge in [-0.25, -0.2) is 9.59 Å². The molecule has 158 valence electrons. The molecule has 0 saturated heterocycles. The van der Waals surface area contributed by atoms with Gasteiger partial charge in [0, 0.05) is 11.0 Å². The van der Waals surface area contributed by atoms with Gasteiger partial charge in [0.15, 0.2) is 0 Å². The molecule has 0 unspecified atom stereocenters. The third-order valence-corrected chi connectivity index (χ3v) is 4.54. The first-order valence-corrected chi connectivity index (χ1v) is 10.1. The second kappa shape index (κ2) is 13.0. The van der Waals surface area contributed by atoms with E-state index in [4.69, 9.17) is 24.5 Å². The summed E-state index contributed by atoms with van der Waals surface area (Å²) in [4.78, 5) is 20.6. The molecule has 0 spiro atoms. The van der Waals surface area contributed by atoms with Gasteiger partial charge < -0.3 is 19.8 Å². The SMILES string of the molecule is Cc1cc(Br)cc(C)c1OCCCCN(C)Cc1ccccc1.O=C(O)C(=O)O. The number of carboxylic acids is 2. The fraction of sp³-hybridized carbons (Fsp3) is 0.364. The van der Waals surface area contributed by atoms with Crippen LogP contribution in [-0.2, 0) is 16.1 Å². The summed E-state index contributed by atoms with van der Waals surface area (Å²) in [5, 5.41) is 14.8. The molecule has 0 fully saturated rings. The van der Waals surface area contributed by atoms with Crippen LogP contribution >= 0.6 is 15.9 Å². The van der Waals surface area contributed by atoms with Crippen molar-refractivity contribution in [2.45, 2.75) is 33.2 Å². The van der Waals surface area contributed by atoms with Gasteiger partial charge in [0.2, 0.25) is 0 Å². The van der Waals surface area contributed by atoms with Crippen molar-refractivity contribution in [1.29, 1.82) is 0 Å². The van der Waals surface area contributed by atoms with Crippen LogP contribution in [0.3, 0.4) is 0 Å². The molecule has 0 aliphatic rings. The normalized spacial score (nSPS) is 10.2. The van der Waals surface area contributed by atoms with Gasteiger partial charge in [0.1, 0.15) is 5.75 Å². The summed E-state index contributed by atoms with van der Waals surface area (Å²) in [6.45, 7) is 7.08. The predicted molar refractivity (Wildman–Crippen MR) is 116 cm³/mol. The molecule has 0 saturated carbocycles. The summed E-state index contributed by atoms with van der Waals surface area (Å²) in [7, 11) is 2.18. The molecule has 0 amide bonds. The number of benzene rings is 2. The number of nitrogens with zero attached hydrogens (tertiary/aromatic N) is 1. The lowest BCUT2D eigenvalue weighted by Crippen LogP contribution is -2.19.